The second-order valence-electron chi connectivity index (χ2n) is 9.89. The highest BCUT2D eigenvalue weighted by Gasteiger charge is 2.52. The zero-order valence-electron chi connectivity index (χ0n) is 18.3. The molecule has 0 aromatic rings. The fraction of sp³-hybridized carbons (Fsp3) is 0.870. The van der Waals surface area contributed by atoms with E-state index in [9.17, 15) is 14.4 Å². The fourth-order valence-electron chi connectivity index (χ4n) is 6.13. The maximum Gasteiger partial charge on any atom is 0.325 e. The number of carbonyl (C=O) groups excluding carboxylic acids is 3. The molecule has 168 valence electrons. The Hall–Kier alpha value is -1.63. The van der Waals surface area contributed by atoms with Crippen molar-refractivity contribution in [3.8, 4) is 0 Å². The van der Waals surface area contributed by atoms with Crippen molar-refractivity contribution < 1.29 is 14.4 Å². The topological polar surface area (TPSA) is 81.8 Å². The second kappa shape index (κ2) is 9.25. The summed E-state index contributed by atoms with van der Waals surface area (Å²) >= 11 is 0. The van der Waals surface area contributed by atoms with Gasteiger partial charge in [-0.05, 0) is 58.0 Å². The van der Waals surface area contributed by atoms with Gasteiger partial charge in [0.25, 0.3) is 5.91 Å². The largest absolute Gasteiger partial charge is 0.354 e. The van der Waals surface area contributed by atoms with Crippen LogP contribution in [0.5, 0.6) is 0 Å². The van der Waals surface area contributed by atoms with E-state index in [1.165, 1.54) is 56.3 Å². The third-order valence-corrected chi connectivity index (χ3v) is 7.91. The van der Waals surface area contributed by atoms with Crippen LogP contribution in [0.15, 0.2) is 0 Å². The average Bonchev–Trinajstić information content (AvgIpc) is 3.34. The van der Waals surface area contributed by atoms with Gasteiger partial charge in [-0.2, -0.15) is 0 Å². The molecule has 30 heavy (non-hydrogen) atoms. The summed E-state index contributed by atoms with van der Waals surface area (Å²) < 4.78 is 0. The Balaban J connectivity index is 1.24. The Morgan fingerprint density at radius 2 is 1.53 bits per heavy atom. The van der Waals surface area contributed by atoms with Crippen LogP contribution >= 0.6 is 0 Å². The lowest BCUT2D eigenvalue weighted by Crippen LogP contribution is -2.58. The van der Waals surface area contributed by atoms with Gasteiger partial charge in [0.15, 0.2) is 0 Å². The van der Waals surface area contributed by atoms with E-state index in [1.807, 2.05) is 0 Å². The third kappa shape index (κ3) is 4.36. The van der Waals surface area contributed by atoms with Crippen LogP contribution in [0.25, 0.3) is 0 Å². The van der Waals surface area contributed by atoms with Crippen molar-refractivity contribution in [3.63, 3.8) is 0 Å². The molecule has 0 radical (unpaired) electrons. The monoisotopic (exact) mass is 418 g/mol. The maximum atomic E-state index is 12.7. The average molecular weight is 419 g/mol. The number of nitrogens with one attached hydrogen (secondary N) is 2. The first-order chi connectivity index (χ1) is 14.5. The number of hydrogen-bond donors (Lipinski definition) is 2. The van der Waals surface area contributed by atoms with Crippen molar-refractivity contribution >= 4 is 17.8 Å². The molecule has 4 rings (SSSR count). The molecule has 0 aromatic heterocycles. The molecule has 2 saturated heterocycles. The summed E-state index contributed by atoms with van der Waals surface area (Å²) in [6.07, 6.45) is 14.4. The minimum Gasteiger partial charge on any atom is -0.354 e. The van der Waals surface area contributed by atoms with Gasteiger partial charge in [0, 0.05) is 25.0 Å². The summed E-state index contributed by atoms with van der Waals surface area (Å²) in [6.45, 7) is 3.38. The van der Waals surface area contributed by atoms with Crippen molar-refractivity contribution in [2.75, 3.05) is 26.2 Å². The highest BCUT2D eigenvalue weighted by molar-refractivity contribution is 6.07. The zero-order chi connectivity index (χ0) is 21.0. The Labute approximate surface area is 180 Å². The minimum atomic E-state index is -0.652. The number of likely N-dealkylation sites (tertiary alicyclic amines) is 1. The van der Waals surface area contributed by atoms with Gasteiger partial charge in [-0.3, -0.25) is 19.4 Å². The Bertz CT molecular complexity index is 647. The van der Waals surface area contributed by atoms with Gasteiger partial charge >= 0.3 is 6.03 Å². The van der Waals surface area contributed by atoms with Gasteiger partial charge in [-0.15, -0.1) is 0 Å². The molecule has 2 N–H and O–H groups in total. The first kappa shape index (κ1) is 21.6. The highest BCUT2D eigenvalue weighted by Crippen LogP contribution is 2.36. The van der Waals surface area contributed by atoms with Crippen LogP contribution in [-0.2, 0) is 9.59 Å². The summed E-state index contributed by atoms with van der Waals surface area (Å²) in [5.74, 6) is -0.0451. The van der Waals surface area contributed by atoms with Gasteiger partial charge < -0.3 is 10.6 Å². The third-order valence-electron chi connectivity index (χ3n) is 7.91. The summed E-state index contributed by atoms with van der Waals surface area (Å²) in [5, 5.41) is 6.11. The summed E-state index contributed by atoms with van der Waals surface area (Å²) in [6, 6.07) is -0.284. The SMILES string of the molecule is O=C(CCCN1C(=O)NC2(CCCC2)C1=O)NCC1(N2CCCCC2)CCCCC1. The van der Waals surface area contributed by atoms with Gasteiger partial charge in [-0.1, -0.05) is 38.5 Å². The van der Waals surface area contributed by atoms with E-state index in [1.54, 1.807) is 0 Å². The maximum absolute atomic E-state index is 12.7. The molecule has 4 fully saturated rings. The molecule has 0 bridgehead atoms. The standard InChI is InChI=1S/C23H38N4O3/c28-19(10-9-17-27-20(29)23(25-21(27)30)13-5-6-14-23)24-18-22(11-3-1-4-12-22)26-15-7-2-8-16-26/h1-18H2,(H,24,28)(H,25,30). The van der Waals surface area contributed by atoms with Gasteiger partial charge in [0.2, 0.25) is 5.91 Å². The van der Waals surface area contributed by atoms with E-state index in [0.29, 0.717) is 19.4 Å². The van der Waals surface area contributed by atoms with Crippen LogP contribution < -0.4 is 10.6 Å². The lowest BCUT2D eigenvalue weighted by Gasteiger charge is -2.48. The first-order valence-electron chi connectivity index (χ1n) is 12.2. The van der Waals surface area contributed by atoms with E-state index in [4.69, 9.17) is 0 Å². The molecule has 1 spiro atoms. The number of urea groups is 1. The number of nitrogens with zero attached hydrogens (tertiary/aromatic N) is 2. The van der Waals surface area contributed by atoms with Crippen LogP contribution in [0.2, 0.25) is 0 Å². The van der Waals surface area contributed by atoms with E-state index in [-0.39, 0.29) is 23.4 Å². The lowest BCUT2D eigenvalue weighted by atomic mass is 9.79. The van der Waals surface area contributed by atoms with Crippen molar-refractivity contribution in [2.45, 2.75) is 101 Å². The summed E-state index contributed by atoms with van der Waals surface area (Å²) in [4.78, 5) is 41.5. The molecule has 7 nitrogen and oxygen atoms in total. The van der Waals surface area contributed by atoms with Crippen molar-refractivity contribution in [2.24, 2.45) is 0 Å². The Morgan fingerprint density at radius 3 is 2.23 bits per heavy atom. The minimum absolute atomic E-state index is 0.0413. The zero-order valence-corrected chi connectivity index (χ0v) is 18.3. The normalized spacial score (nSPS) is 26.2. The van der Waals surface area contributed by atoms with Crippen LogP contribution in [0, 0.1) is 0 Å². The number of hydrogen-bond acceptors (Lipinski definition) is 4. The Kier molecular flexibility index (Phi) is 6.66. The number of carbonyl (C=O) groups is 3. The molecule has 4 amide bonds. The van der Waals surface area contributed by atoms with Crippen LogP contribution in [-0.4, -0.2) is 64.9 Å². The first-order valence-corrected chi connectivity index (χ1v) is 12.2. The van der Waals surface area contributed by atoms with E-state index >= 15 is 0 Å². The van der Waals surface area contributed by atoms with Gasteiger partial charge in [0.1, 0.15) is 5.54 Å². The molecule has 0 aromatic carbocycles. The van der Waals surface area contributed by atoms with E-state index in [2.05, 4.69) is 15.5 Å². The number of piperidine rings is 1. The van der Waals surface area contributed by atoms with Crippen molar-refractivity contribution in [1.82, 2.24) is 20.4 Å². The molecular formula is C23H38N4O3. The van der Waals surface area contributed by atoms with E-state index < -0.39 is 5.54 Å². The molecule has 2 aliphatic carbocycles. The predicted molar refractivity (Wildman–Crippen MR) is 115 cm³/mol. The number of amides is 4. The van der Waals surface area contributed by atoms with Crippen molar-refractivity contribution in [3.05, 3.63) is 0 Å². The van der Waals surface area contributed by atoms with Crippen LogP contribution in [0.4, 0.5) is 4.79 Å². The number of rotatable bonds is 7. The summed E-state index contributed by atoms with van der Waals surface area (Å²) in [7, 11) is 0. The van der Waals surface area contributed by atoms with Crippen LogP contribution in [0.1, 0.15) is 89.9 Å². The molecule has 2 heterocycles. The molecule has 7 heteroatoms. The lowest BCUT2D eigenvalue weighted by molar-refractivity contribution is -0.131. The molecule has 2 aliphatic heterocycles. The van der Waals surface area contributed by atoms with Crippen molar-refractivity contribution in [1.29, 1.82) is 0 Å². The predicted octanol–water partition coefficient (Wildman–Crippen LogP) is 2.94. The second-order valence-corrected chi connectivity index (χ2v) is 9.89. The smallest absolute Gasteiger partial charge is 0.325 e. The fourth-order valence-corrected chi connectivity index (χ4v) is 6.13. The Morgan fingerprint density at radius 1 is 0.900 bits per heavy atom. The molecule has 0 atom stereocenters. The quantitative estimate of drug-likeness (QED) is 0.623. The molecule has 4 aliphatic rings. The highest BCUT2D eigenvalue weighted by atomic mass is 16.2. The number of imide groups is 1. The van der Waals surface area contributed by atoms with Crippen LogP contribution in [0.3, 0.4) is 0 Å². The van der Waals surface area contributed by atoms with E-state index in [0.717, 1.165) is 45.3 Å². The summed E-state index contributed by atoms with van der Waals surface area (Å²) in [5.41, 5.74) is -0.519. The molecular weight excluding hydrogens is 380 g/mol. The molecule has 2 saturated carbocycles. The van der Waals surface area contributed by atoms with Gasteiger partial charge in [-0.25, -0.2) is 4.79 Å². The molecule has 0 unspecified atom stereocenters. The van der Waals surface area contributed by atoms with Gasteiger partial charge in [0.05, 0.1) is 0 Å².